The van der Waals surface area contributed by atoms with E-state index >= 15 is 0 Å². The second-order valence-electron chi connectivity index (χ2n) is 6.61. The lowest BCUT2D eigenvalue weighted by Crippen LogP contribution is -2.44. The Balaban J connectivity index is 1.47. The Bertz CT molecular complexity index is 663. The van der Waals surface area contributed by atoms with Gasteiger partial charge in [0.2, 0.25) is 0 Å². The molecular formula is C18H24N4OS. The summed E-state index contributed by atoms with van der Waals surface area (Å²) in [6.45, 7) is 7.15. The lowest BCUT2D eigenvalue weighted by molar-refractivity contribution is 0.0904. The van der Waals surface area contributed by atoms with Gasteiger partial charge in [-0.25, -0.2) is 4.98 Å². The third kappa shape index (κ3) is 4.39. The van der Waals surface area contributed by atoms with E-state index in [0.717, 1.165) is 37.5 Å². The molecule has 1 amide bonds. The monoisotopic (exact) mass is 344 g/mol. The summed E-state index contributed by atoms with van der Waals surface area (Å²) >= 11 is 1.56. The third-order valence-electron chi connectivity index (χ3n) is 4.33. The van der Waals surface area contributed by atoms with Gasteiger partial charge in [-0.3, -0.25) is 14.7 Å². The summed E-state index contributed by atoms with van der Waals surface area (Å²) in [7, 11) is 0. The maximum Gasteiger partial charge on any atom is 0.270 e. The van der Waals surface area contributed by atoms with Crippen molar-refractivity contribution in [3.05, 3.63) is 46.2 Å². The fourth-order valence-corrected chi connectivity index (χ4v) is 3.71. The Morgan fingerprint density at radius 3 is 2.67 bits per heavy atom. The first kappa shape index (κ1) is 17.0. The second kappa shape index (κ2) is 7.85. The SMILES string of the molecule is CC(C)c1nc(C(=O)NC2CCN(Cc3ccncc3)CC2)cs1. The van der Waals surface area contributed by atoms with Crippen LogP contribution >= 0.6 is 11.3 Å². The number of rotatable bonds is 5. The molecule has 5 nitrogen and oxygen atoms in total. The van der Waals surface area contributed by atoms with Gasteiger partial charge in [0.1, 0.15) is 5.69 Å². The number of hydrogen-bond acceptors (Lipinski definition) is 5. The van der Waals surface area contributed by atoms with Gasteiger partial charge in [0.15, 0.2) is 0 Å². The first-order valence-electron chi connectivity index (χ1n) is 8.49. The molecule has 1 N–H and O–H groups in total. The van der Waals surface area contributed by atoms with Crippen molar-refractivity contribution in [3.63, 3.8) is 0 Å². The van der Waals surface area contributed by atoms with Gasteiger partial charge in [-0.2, -0.15) is 0 Å². The molecule has 24 heavy (non-hydrogen) atoms. The maximum atomic E-state index is 12.3. The van der Waals surface area contributed by atoms with Crippen molar-refractivity contribution in [1.82, 2.24) is 20.2 Å². The fourth-order valence-electron chi connectivity index (χ4n) is 2.90. The van der Waals surface area contributed by atoms with Gasteiger partial charge < -0.3 is 5.32 Å². The Hall–Kier alpha value is -1.79. The Morgan fingerprint density at radius 1 is 1.33 bits per heavy atom. The van der Waals surface area contributed by atoms with Crippen LogP contribution < -0.4 is 5.32 Å². The zero-order valence-electron chi connectivity index (χ0n) is 14.2. The van der Waals surface area contributed by atoms with Crippen molar-refractivity contribution in [2.24, 2.45) is 0 Å². The smallest absolute Gasteiger partial charge is 0.270 e. The van der Waals surface area contributed by atoms with E-state index in [1.165, 1.54) is 5.56 Å². The number of amides is 1. The van der Waals surface area contributed by atoms with E-state index in [0.29, 0.717) is 11.6 Å². The van der Waals surface area contributed by atoms with Crippen molar-refractivity contribution in [2.75, 3.05) is 13.1 Å². The number of piperidine rings is 1. The zero-order valence-corrected chi connectivity index (χ0v) is 15.1. The highest BCUT2D eigenvalue weighted by Crippen LogP contribution is 2.20. The van der Waals surface area contributed by atoms with E-state index in [1.807, 2.05) is 17.8 Å². The number of hydrogen-bond donors (Lipinski definition) is 1. The Morgan fingerprint density at radius 2 is 2.04 bits per heavy atom. The molecule has 0 saturated carbocycles. The summed E-state index contributed by atoms with van der Waals surface area (Å²) in [5, 5.41) is 6.03. The van der Waals surface area contributed by atoms with Crippen LogP contribution in [0.3, 0.4) is 0 Å². The topological polar surface area (TPSA) is 58.1 Å². The predicted molar refractivity (Wildman–Crippen MR) is 96.2 cm³/mol. The number of thiazole rings is 1. The summed E-state index contributed by atoms with van der Waals surface area (Å²) in [5.41, 5.74) is 1.85. The maximum absolute atomic E-state index is 12.3. The summed E-state index contributed by atoms with van der Waals surface area (Å²) < 4.78 is 0. The molecule has 1 aliphatic heterocycles. The number of pyridine rings is 1. The first-order valence-corrected chi connectivity index (χ1v) is 9.37. The Labute approximate surface area is 147 Å². The summed E-state index contributed by atoms with van der Waals surface area (Å²) in [6, 6.07) is 4.36. The molecule has 0 bridgehead atoms. The van der Waals surface area contributed by atoms with Crippen LogP contribution in [0.1, 0.15) is 53.7 Å². The molecule has 1 saturated heterocycles. The van der Waals surface area contributed by atoms with Crippen molar-refractivity contribution in [1.29, 1.82) is 0 Å². The summed E-state index contributed by atoms with van der Waals surface area (Å²) in [4.78, 5) is 23.3. The highest BCUT2D eigenvalue weighted by Gasteiger charge is 2.22. The highest BCUT2D eigenvalue weighted by molar-refractivity contribution is 7.09. The molecular weight excluding hydrogens is 320 g/mol. The van der Waals surface area contributed by atoms with Crippen LogP contribution in [0.5, 0.6) is 0 Å². The molecule has 0 aromatic carbocycles. The lowest BCUT2D eigenvalue weighted by Gasteiger charge is -2.32. The minimum absolute atomic E-state index is 0.0364. The molecule has 0 unspecified atom stereocenters. The van der Waals surface area contributed by atoms with Gasteiger partial charge >= 0.3 is 0 Å². The molecule has 6 heteroatoms. The molecule has 3 heterocycles. The van der Waals surface area contributed by atoms with Gasteiger partial charge in [0.25, 0.3) is 5.91 Å². The van der Waals surface area contributed by atoms with E-state index in [4.69, 9.17) is 0 Å². The number of nitrogens with one attached hydrogen (secondary N) is 1. The minimum Gasteiger partial charge on any atom is -0.348 e. The zero-order chi connectivity index (χ0) is 16.9. The molecule has 128 valence electrons. The minimum atomic E-state index is -0.0364. The average molecular weight is 344 g/mol. The van der Waals surface area contributed by atoms with Crippen molar-refractivity contribution >= 4 is 17.2 Å². The molecule has 2 aromatic heterocycles. The summed E-state index contributed by atoms with van der Waals surface area (Å²) in [5.74, 6) is 0.332. The molecule has 0 aliphatic carbocycles. The fraction of sp³-hybridized carbons (Fsp3) is 0.500. The van der Waals surface area contributed by atoms with Crippen molar-refractivity contribution in [2.45, 2.75) is 45.2 Å². The first-order chi connectivity index (χ1) is 11.6. The molecule has 3 rings (SSSR count). The van der Waals surface area contributed by atoms with Crippen LogP contribution in [0.15, 0.2) is 29.9 Å². The van der Waals surface area contributed by atoms with Gasteiger partial charge in [0, 0.05) is 49.4 Å². The third-order valence-corrected chi connectivity index (χ3v) is 5.47. The van der Waals surface area contributed by atoms with Gasteiger partial charge in [-0.05, 0) is 30.5 Å². The second-order valence-corrected chi connectivity index (χ2v) is 7.49. The standard InChI is InChI=1S/C18H24N4OS/c1-13(2)18-21-16(12-24-18)17(23)20-15-5-9-22(10-6-15)11-14-3-7-19-8-4-14/h3-4,7-8,12-13,15H,5-6,9-11H2,1-2H3,(H,20,23). The normalized spacial score (nSPS) is 16.5. The van der Waals surface area contributed by atoms with Crippen LogP contribution in [0, 0.1) is 0 Å². The van der Waals surface area contributed by atoms with Crippen LogP contribution in [0.2, 0.25) is 0 Å². The highest BCUT2D eigenvalue weighted by atomic mass is 32.1. The van der Waals surface area contributed by atoms with Crippen LogP contribution in [0.4, 0.5) is 0 Å². The molecule has 2 aromatic rings. The number of carbonyl (C=O) groups excluding carboxylic acids is 1. The van der Waals surface area contributed by atoms with Gasteiger partial charge in [-0.15, -0.1) is 11.3 Å². The van der Waals surface area contributed by atoms with Crippen LogP contribution in [-0.2, 0) is 6.54 Å². The van der Waals surface area contributed by atoms with E-state index in [-0.39, 0.29) is 11.9 Å². The average Bonchev–Trinajstić information content (AvgIpc) is 3.08. The summed E-state index contributed by atoms with van der Waals surface area (Å²) in [6.07, 6.45) is 5.64. The Kier molecular flexibility index (Phi) is 5.58. The van der Waals surface area contributed by atoms with Gasteiger partial charge in [0.05, 0.1) is 5.01 Å². The molecule has 0 radical (unpaired) electrons. The van der Waals surface area contributed by atoms with Crippen LogP contribution in [0.25, 0.3) is 0 Å². The quantitative estimate of drug-likeness (QED) is 0.906. The molecule has 0 atom stereocenters. The lowest BCUT2D eigenvalue weighted by atomic mass is 10.0. The van der Waals surface area contributed by atoms with Crippen molar-refractivity contribution < 1.29 is 4.79 Å². The number of aromatic nitrogens is 2. The number of likely N-dealkylation sites (tertiary alicyclic amines) is 1. The van der Waals surface area contributed by atoms with E-state index in [2.05, 4.69) is 46.2 Å². The molecule has 0 spiro atoms. The van der Waals surface area contributed by atoms with E-state index in [1.54, 1.807) is 11.3 Å². The number of carbonyl (C=O) groups is 1. The van der Waals surface area contributed by atoms with Gasteiger partial charge in [-0.1, -0.05) is 13.8 Å². The number of nitrogens with zero attached hydrogens (tertiary/aromatic N) is 3. The van der Waals surface area contributed by atoms with E-state index < -0.39 is 0 Å². The molecule has 1 fully saturated rings. The largest absolute Gasteiger partial charge is 0.348 e. The molecule has 1 aliphatic rings. The van der Waals surface area contributed by atoms with Crippen molar-refractivity contribution in [3.8, 4) is 0 Å². The van der Waals surface area contributed by atoms with Crippen LogP contribution in [-0.4, -0.2) is 39.9 Å². The predicted octanol–water partition coefficient (Wildman–Crippen LogP) is 3.06. The van der Waals surface area contributed by atoms with E-state index in [9.17, 15) is 4.79 Å².